The predicted molar refractivity (Wildman–Crippen MR) is 72.6 cm³/mol. The van der Waals surface area contributed by atoms with E-state index in [1.54, 1.807) is 0 Å². The van der Waals surface area contributed by atoms with Crippen LogP contribution in [0.5, 0.6) is 0 Å². The van der Waals surface area contributed by atoms with Gasteiger partial charge >= 0.3 is 6.18 Å². The van der Waals surface area contributed by atoms with E-state index in [2.05, 4.69) is 5.32 Å². The van der Waals surface area contributed by atoms with Crippen LogP contribution in [0.2, 0.25) is 0 Å². The fourth-order valence-corrected chi connectivity index (χ4v) is 3.91. The van der Waals surface area contributed by atoms with Gasteiger partial charge in [-0.05, 0) is 39.2 Å². The molecule has 2 aliphatic carbocycles. The van der Waals surface area contributed by atoms with Gasteiger partial charge in [0.25, 0.3) is 0 Å². The summed E-state index contributed by atoms with van der Waals surface area (Å²) >= 11 is 0. The lowest BCUT2D eigenvalue weighted by Crippen LogP contribution is -2.64. The zero-order chi connectivity index (χ0) is 14.6. The van der Waals surface area contributed by atoms with Gasteiger partial charge in [0.1, 0.15) is 0 Å². The number of halogens is 3. The lowest BCUT2D eigenvalue weighted by Gasteiger charge is -2.58. The van der Waals surface area contributed by atoms with E-state index in [0.29, 0.717) is 18.7 Å². The third-order valence-electron chi connectivity index (χ3n) is 4.97. The van der Waals surface area contributed by atoms with Gasteiger partial charge < -0.3 is 10.1 Å². The number of hydrogen-bond acceptors (Lipinski definition) is 2. The molecular weight excluding hydrogens is 267 g/mol. The largest absolute Gasteiger partial charge is 0.389 e. The molecule has 2 fully saturated rings. The minimum Gasteiger partial charge on any atom is -0.378 e. The van der Waals surface area contributed by atoms with Gasteiger partial charge in [0, 0.05) is 24.5 Å². The van der Waals surface area contributed by atoms with Crippen LogP contribution in [0.3, 0.4) is 0 Å². The standard InChI is InChI=1S/C15H26F3NO/c1-2-20-13-11-12(14(13)7-4-3-5-8-14)19-10-6-9-15(16,17)18/h12-13,19H,2-11H2,1H3. The van der Waals surface area contributed by atoms with Crippen molar-refractivity contribution in [3.8, 4) is 0 Å². The summed E-state index contributed by atoms with van der Waals surface area (Å²) in [6.45, 7) is 3.21. The molecule has 0 aliphatic heterocycles. The predicted octanol–water partition coefficient (Wildman–Crippen LogP) is 4.05. The molecule has 2 nitrogen and oxygen atoms in total. The normalized spacial score (nSPS) is 29.4. The molecule has 118 valence electrons. The highest BCUT2D eigenvalue weighted by molar-refractivity contribution is 5.08. The molecule has 0 heterocycles. The summed E-state index contributed by atoms with van der Waals surface area (Å²) < 4.78 is 42.3. The van der Waals surface area contributed by atoms with Crippen LogP contribution in [0.15, 0.2) is 0 Å². The Hall–Kier alpha value is -0.290. The van der Waals surface area contributed by atoms with E-state index in [-0.39, 0.29) is 11.8 Å². The molecule has 2 rings (SSSR count). The molecule has 0 aromatic rings. The SMILES string of the molecule is CCOC1CC(NCCCC(F)(F)F)C12CCCCC2. The molecule has 1 N–H and O–H groups in total. The minimum absolute atomic E-state index is 0.176. The highest BCUT2D eigenvalue weighted by Crippen LogP contribution is 2.53. The van der Waals surface area contributed by atoms with E-state index in [1.165, 1.54) is 19.3 Å². The quantitative estimate of drug-likeness (QED) is 0.746. The highest BCUT2D eigenvalue weighted by Gasteiger charge is 2.55. The summed E-state index contributed by atoms with van der Waals surface area (Å²) in [5.41, 5.74) is 0.201. The Morgan fingerprint density at radius 1 is 1.20 bits per heavy atom. The summed E-state index contributed by atoms with van der Waals surface area (Å²) in [5, 5.41) is 3.36. The fraction of sp³-hybridized carbons (Fsp3) is 1.00. The molecule has 0 amide bonds. The van der Waals surface area contributed by atoms with Gasteiger partial charge in [-0.3, -0.25) is 0 Å². The van der Waals surface area contributed by atoms with E-state index < -0.39 is 12.6 Å². The molecule has 2 unspecified atom stereocenters. The molecule has 0 saturated heterocycles. The first-order chi connectivity index (χ1) is 9.48. The molecule has 20 heavy (non-hydrogen) atoms. The smallest absolute Gasteiger partial charge is 0.378 e. The topological polar surface area (TPSA) is 21.3 Å². The lowest BCUT2D eigenvalue weighted by atomic mass is 9.55. The Labute approximate surface area is 119 Å². The van der Waals surface area contributed by atoms with Gasteiger partial charge in [-0.15, -0.1) is 0 Å². The van der Waals surface area contributed by atoms with Crippen LogP contribution in [0.25, 0.3) is 0 Å². The van der Waals surface area contributed by atoms with Crippen molar-refractivity contribution in [2.24, 2.45) is 5.41 Å². The molecule has 0 radical (unpaired) electrons. The van der Waals surface area contributed by atoms with Crippen LogP contribution in [-0.4, -0.2) is 31.5 Å². The molecule has 1 spiro atoms. The van der Waals surface area contributed by atoms with Crippen molar-refractivity contribution in [1.82, 2.24) is 5.32 Å². The average molecular weight is 293 g/mol. The van der Waals surface area contributed by atoms with Gasteiger partial charge in [-0.25, -0.2) is 0 Å². The maximum atomic E-state index is 12.1. The molecule has 5 heteroatoms. The summed E-state index contributed by atoms with van der Waals surface area (Å²) in [7, 11) is 0. The van der Waals surface area contributed by atoms with Crippen molar-refractivity contribution in [1.29, 1.82) is 0 Å². The van der Waals surface area contributed by atoms with Gasteiger partial charge in [-0.1, -0.05) is 19.3 Å². The highest BCUT2D eigenvalue weighted by atomic mass is 19.4. The Morgan fingerprint density at radius 3 is 2.50 bits per heavy atom. The summed E-state index contributed by atoms with van der Waals surface area (Å²) in [5.74, 6) is 0. The van der Waals surface area contributed by atoms with E-state index in [4.69, 9.17) is 4.74 Å². The average Bonchev–Trinajstić information content (AvgIpc) is 2.41. The van der Waals surface area contributed by atoms with Gasteiger partial charge in [0.2, 0.25) is 0 Å². The number of ether oxygens (including phenoxy) is 1. The zero-order valence-electron chi connectivity index (χ0n) is 12.3. The van der Waals surface area contributed by atoms with E-state index in [0.717, 1.165) is 25.9 Å². The molecule has 2 atom stereocenters. The van der Waals surface area contributed by atoms with Crippen LogP contribution in [0.1, 0.15) is 58.3 Å². The summed E-state index contributed by atoms with van der Waals surface area (Å²) in [6.07, 6.45) is 2.79. The molecule has 0 aromatic carbocycles. The van der Waals surface area contributed by atoms with Crippen molar-refractivity contribution < 1.29 is 17.9 Å². The van der Waals surface area contributed by atoms with Crippen LogP contribution in [0.4, 0.5) is 13.2 Å². The van der Waals surface area contributed by atoms with Crippen molar-refractivity contribution in [2.75, 3.05) is 13.2 Å². The summed E-state index contributed by atoms with van der Waals surface area (Å²) in [6, 6.07) is 0.354. The van der Waals surface area contributed by atoms with Crippen LogP contribution < -0.4 is 5.32 Å². The number of hydrogen-bond donors (Lipinski definition) is 1. The Morgan fingerprint density at radius 2 is 1.90 bits per heavy atom. The zero-order valence-corrected chi connectivity index (χ0v) is 12.3. The molecule has 2 aliphatic rings. The Kier molecular flexibility index (Phi) is 5.35. The fourth-order valence-electron chi connectivity index (χ4n) is 3.91. The third-order valence-corrected chi connectivity index (χ3v) is 4.97. The molecule has 0 bridgehead atoms. The van der Waals surface area contributed by atoms with E-state index in [1.807, 2.05) is 6.92 Å². The summed E-state index contributed by atoms with van der Waals surface area (Å²) in [4.78, 5) is 0. The van der Waals surface area contributed by atoms with E-state index >= 15 is 0 Å². The van der Waals surface area contributed by atoms with Crippen molar-refractivity contribution >= 4 is 0 Å². The maximum Gasteiger partial charge on any atom is 0.389 e. The van der Waals surface area contributed by atoms with Crippen molar-refractivity contribution in [3.05, 3.63) is 0 Å². The second-order valence-electron chi connectivity index (χ2n) is 6.20. The third kappa shape index (κ3) is 3.67. The van der Waals surface area contributed by atoms with Crippen molar-refractivity contribution in [3.63, 3.8) is 0 Å². The number of nitrogens with one attached hydrogen (secondary N) is 1. The van der Waals surface area contributed by atoms with E-state index in [9.17, 15) is 13.2 Å². The first-order valence-corrected chi connectivity index (χ1v) is 7.90. The first kappa shape index (κ1) is 16.1. The second-order valence-corrected chi connectivity index (χ2v) is 6.20. The number of rotatable bonds is 6. The molecular formula is C15H26F3NO. The van der Waals surface area contributed by atoms with Crippen molar-refractivity contribution in [2.45, 2.75) is 76.6 Å². The maximum absolute atomic E-state index is 12.1. The van der Waals surface area contributed by atoms with Crippen LogP contribution in [-0.2, 0) is 4.74 Å². The minimum atomic E-state index is -4.03. The molecule has 2 saturated carbocycles. The number of alkyl halides is 3. The Balaban J connectivity index is 1.79. The van der Waals surface area contributed by atoms with Crippen LogP contribution in [0, 0.1) is 5.41 Å². The monoisotopic (exact) mass is 293 g/mol. The van der Waals surface area contributed by atoms with Gasteiger partial charge in [-0.2, -0.15) is 13.2 Å². The first-order valence-electron chi connectivity index (χ1n) is 7.90. The van der Waals surface area contributed by atoms with Crippen LogP contribution >= 0.6 is 0 Å². The van der Waals surface area contributed by atoms with Gasteiger partial charge in [0.15, 0.2) is 0 Å². The molecule has 0 aromatic heterocycles. The van der Waals surface area contributed by atoms with Gasteiger partial charge in [0.05, 0.1) is 6.10 Å². The Bertz CT molecular complexity index is 300. The second kappa shape index (κ2) is 6.65. The lowest BCUT2D eigenvalue weighted by molar-refractivity contribution is -0.152.